The van der Waals surface area contributed by atoms with E-state index in [-0.39, 0.29) is 11.8 Å². The van der Waals surface area contributed by atoms with Crippen molar-refractivity contribution in [3.8, 4) is 0 Å². The van der Waals surface area contributed by atoms with Crippen LogP contribution in [0.4, 0.5) is 10.2 Å². The minimum Gasteiger partial charge on any atom is -0.339 e. The van der Waals surface area contributed by atoms with Gasteiger partial charge in [0.2, 0.25) is 5.91 Å². The number of aromatic nitrogens is 2. The van der Waals surface area contributed by atoms with Crippen LogP contribution in [0.1, 0.15) is 38.7 Å². The van der Waals surface area contributed by atoms with E-state index in [4.69, 9.17) is 0 Å². The van der Waals surface area contributed by atoms with Gasteiger partial charge in [0.25, 0.3) is 5.91 Å². The summed E-state index contributed by atoms with van der Waals surface area (Å²) in [5.41, 5.74) is 3.57. The molecule has 0 radical (unpaired) electrons. The van der Waals surface area contributed by atoms with Crippen LogP contribution >= 0.6 is 0 Å². The van der Waals surface area contributed by atoms with Crippen LogP contribution in [0.25, 0.3) is 0 Å². The Bertz CT molecular complexity index is 1100. The topological polar surface area (TPSA) is 76.0 Å². The number of hydrogen-bond acceptors (Lipinski definition) is 3. The van der Waals surface area contributed by atoms with E-state index in [1.165, 1.54) is 12.1 Å². The van der Waals surface area contributed by atoms with E-state index < -0.39 is 17.8 Å². The molecule has 29 heavy (non-hydrogen) atoms. The van der Waals surface area contributed by atoms with Gasteiger partial charge in [-0.2, -0.15) is 5.10 Å². The number of anilines is 1. The van der Waals surface area contributed by atoms with E-state index in [1.54, 1.807) is 36.0 Å². The number of carbonyl (C=O) groups is 2. The lowest BCUT2D eigenvalue weighted by Gasteiger charge is -2.32. The maximum atomic E-state index is 14.0. The fraction of sp³-hybridized carbons (Fsp3) is 0.227. The summed E-state index contributed by atoms with van der Waals surface area (Å²) in [6.45, 7) is 3.77. The zero-order valence-corrected chi connectivity index (χ0v) is 16.4. The SMILES string of the molecule is Cc1ccc(C(=O)N[C@@H]2C(=O)Nc3c(c(C)nn3C)[C@H]2c2cccc(F)c2)cc1. The molecule has 1 aliphatic heterocycles. The van der Waals surface area contributed by atoms with Gasteiger partial charge in [-0.1, -0.05) is 29.8 Å². The Morgan fingerprint density at radius 2 is 1.90 bits per heavy atom. The third-order valence-corrected chi connectivity index (χ3v) is 5.25. The molecule has 1 aliphatic rings. The Hall–Kier alpha value is -3.48. The molecule has 0 aliphatic carbocycles. The molecule has 6 nitrogen and oxygen atoms in total. The second-order valence-corrected chi connectivity index (χ2v) is 7.31. The van der Waals surface area contributed by atoms with Gasteiger partial charge in [0, 0.05) is 24.1 Å². The van der Waals surface area contributed by atoms with Gasteiger partial charge in [0.15, 0.2) is 0 Å². The van der Waals surface area contributed by atoms with E-state index in [0.717, 1.165) is 11.1 Å². The van der Waals surface area contributed by atoms with Crippen molar-refractivity contribution in [1.29, 1.82) is 0 Å². The van der Waals surface area contributed by atoms with E-state index >= 15 is 0 Å². The Balaban J connectivity index is 1.78. The molecule has 1 aromatic heterocycles. The van der Waals surface area contributed by atoms with Gasteiger partial charge in [-0.25, -0.2) is 4.39 Å². The summed E-state index contributed by atoms with van der Waals surface area (Å²) in [7, 11) is 1.74. The number of halogens is 1. The standard InChI is InChI=1S/C22H21FN4O2/c1-12-7-9-14(10-8-12)21(28)24-19-18(15-5-4-6-16(23)11-15)17-13(2)26-27(3)20(17)25-22(19)29/h4-11,18-19H,1-3H3,(H,24,28)(H,25,29)/t18-,19+/m1/s1. The number of nitrogens with one attached hydrogen (secondary N) is 2. The molecule has 2 N–H and O–H groups in total. The zero-order chi connectivity index (χ0) is 20.7. The molecule has 0 bridgehead atoms. The smallest absolute Gasteiger partial charge is 0.251 e. The highest BCUT2D eigenvalue weighted by molar-refractivity contribution is 6.03. The lowest BCUT2D eigenvalue weighted by Crippen LogP contribution is -2.50. The van der Waals surface area contributed by atoms with Gasteiger partial charge in [-0.05, 0) is 43.7 Å². The van der Waals surface area contributed by atoms with Crippen molar-refractivity contribution < 1.29 is 14.0 Å². The average molecular weight is 392 g/mol. The number of amides is 2. The fourth-order valence-electron chi connectivity index (χ4n) is 3.85. The highest BCUT2D eigenvalue weighted by Crippen LogP contribution is 2.39. The molecule has 2 aromatic carbocycles. The van der Waals surface area contributed by atoms with Gasteiger partial charge in [-0.3, -0.25) is 14.3 Å². The van der Waals surface area contributed by atoms with Crippen LogP contribution in [0.2, 0.25) is 0 Å². The van der Waals surface area contributed by atoms with Crippen molar-refractivity contribution in [3.05, 3.63) is 82.3 Å². The zero-order valence-electron chi connectivity index (χ0n) is 16.4. The molecule has 2 amide bonds. The molecule has 2 heterocycles. The highest BCUT2D eigenvalue weighted by atomic mass is 19.1. The first-order valence-corrected chi connectivity index (χ1v) is 9.32. The van der Waals surface area contributed by atoms with E-state index in [9.17, 15) is 14.0 Å². The van der Waals surface area contributed by atoms with Crippen molar-refractivity contribution in [3.63, 3.8) is 0 Å². The third kappa shape index (κ3) is 3.40. The minimum absolute atomic E-state index is 0.364. The summed E-state index contributed by atoms with van der Waals surface area (Å²) >= 11 is 0. The van der Waals surface area contributed by atoms with Crippen molar-refractivity contribution in [1.82, 2.24) is 15.1 Å². The lowest BCUT2D eigenvalue weighted by atomic mass is 9.82. The first-order valence-electron chi connectivity index (χ1n) is 9.32. The molecule has 148 valence electrons. The molecule has 0 saturated carbocycles. The maximum Gasteiger partial charge on any atom is 0.251 e. The van der Waals surface area contributed by atoms with Crippen molar-refractivity contribution >= 4 is 17.6 Å². The summed E-state index contributed by atoms with van der Waals surface area (Å²) in [6, 6.07) is 12.3. The van der Waals surface area contributed by atoms with Gasteiger partial charge in [0.1, 0.15) is 17.7 Å². The molecular formula is C22H21FN4O2. The molecular weight excluding hydrogens is 371 g/mol. The van der Waals surface area contributed by atoms with Crippen LogP contribution in [0.3, 0.4) is 0 Å². The van der Waals surface area contributed by atoms with Crippen LogP contribution in [0.5, 0.6) is 0 Å². The van der Waals surface area contributed by atoms with Crippen molar-refractivity contribution in [2.45, 2.75) is 25.8 Å². The van der Waals surface area contributed by atoms with Gasteiger partial charge in [0.05, 0.1) is 5.69 Å². The summed E-state index contributed by atoms with van der Waals surface area (Å²) < 4.78 is 15.6. The van der Waals surface area contributed by atoms with Crippen molar-refractivity contribution in [2.75, 3.05) is 5.32 Å². The quantitative estimate of drug-likeness (QED) is 0.719. The molecule has 7 heteroatoms. The summed E-state index contributed by atoms with van der Waals surface area (Å²) in [6.07, 6.45) is 0. The number of rotatable bonds is 3. The minimum atomic E-state index is -0.902. The predicted octanol–water partition coefficient (Wildman–Crippen LogP) is 3.06. The molecule has 4 rings (SSSR count). The number of fused-ring (bicyclic) bond motifs is 1. The van der Waals surface area contributed by atoms with Crippen LogP contribution in [0, 0.1) is 19.7 Å². The van der Waals surface area contributed by atoms with Crippen molar-refractivity contribution in [2.24, 2.45) is 7.05 Å². The fourth-order valence-corrected chi connectivity index (χ4v) is 3.85. The first kappa shape index (κ1) is 18.9. The summed E-state index contributed by atoms with van der Waals surface area (Å²) in [5.74, 6) is -1.13. The van der Waals surface area contributed by atoms with Gasteiger partial charge >= 0.3 is 0 Å². The van der Waals surface area contributed by atoms with Crippen LogP contribution in [0.15, 0.2) is 48.5 Å². The maximum absolute atomic E-state index is 14.0. The number of aryl methyl sites for hydroxylation is 3. The number of hydrogen-bond donors (Lipinski definition) is 2. The number of nitrogens with zero attached hydrogens (tertiary/aromatic N) is 2. The average Bonchev–Trinajstić information content (AvgIpc) is 2.96. The molecule has 3 aromatic rings. The Morgan fingerprint density at radius 1 is 1.17 bits per heavy atom. The van der Waals surface area contributed by atoms with Gasteiger partial charge < -0.3 is 10.6 Å². The van der Waals surface area contributed by atoms with Crippen LogP contribution in [-0.2, 0) is 11.8 Å². The van der Waals surface area contributed by atoms with Gasteiger partial charge in [-0.15, -0.1) is 0 Å². The Kier molecular flexibility index (Phi) is 4.66. The summed E-state index contributed by atoms with van der Waals surface area (Å²) in [5, 5.41) is 10.1. The molecule has 0 fully saturated rings. The van der Waals surface area contributed by atoms with Crippen LogP contribution in [-0.4, -0.2) is 27.6 Å². The molecule has 0 spiro atoms. The normalized spacial score (nSPS) is 18.1. The molecule has 0 saturated heterocycles. The second-order valence-electron chi connectivity index (χ2n) is 7.31. The van der Waals surface area contributed by atoms with E-state index in [0.29, 0.717) is 22.6 Å². The first-order chi connectivity index (χ1) is 13.8. The highest BCUT2D eigenvalue weighted by Gasteiger charge is 2.41. The summed E-state index contributed by atoms with van der Waals surface area (Å²) in [4.78, 5) is 25.8. The molecule has 2 atom stereocenters. The Morgan fingerprint density at radius 3 is 2.59 bits per heavy atom. The lowest BCUT2D eigenvalue weighted by molar-refractivity contribution is -0.118. The largest absolute Gasteiger partial charge is 0.339 e. The second kappa shape index (κ2) is 7.16. The predicted molar refractivity (Wildman–Crippen MR) is 107 cm³/mol. The van der Waals surface area contributed by atoms with E-state index in [1.807, 2.05) is 26.0 Å². The monoisotopic (exact) mass is 392 g/mol. The Labute approximate surface area is 167 Å². The molecule has 0 unspecified atom stereocenters. The number of benzene rings is 2. The number of carbonyl (C=O) groups excluding carboxylic acids is 2. The van der Waals surface area contributed by atoms with Crippen LogP contribution < -0.4 is 10.6 Å². The van der Waals surface area contributed by atoms with E-state index in [2.05, 4.69) is 15.7 Å². The third-order valence-electron chi connectivity index (χ3n) is 5.25.